The number of hydrogen-bond acceptors (Lipinski definition) is 4. The van der Waals surface area contributed by atoms with Crippen molar-refractivity contribution < 1.29 is 9.59 Å². The Balaban J connectivity index is 1.66. The Morgan fingerprint density at radius 1 is 1.14 bits per heavy atom. The molecule has 2 aromatic rings. The van der Waals surface area contributed by atoms with Gasteiger partial charge in [-0.1, -0.05) is 12.1 Å². The van der Waals surface area contributed by atoms with Crippen molar-refractivity contribution in [2.24, 2.45) is 5.92 Å². The van der Waals surface area contributed by atoms with Gasteiger partial charge in [0.1, 0.15) is 5.82 Å². The average molecular weight is 295 g/mol. The van der Waals surface area contributed by atoms with Crippen LogP contribution in [0.25, 0.3) is 0 Å². The van der Waals surface area contributed by atoms with Crippen LogP contribution in [0, 0.1) is 5.92 Å². The van der Waals surface area contributed by atoms with Crippen molar-refractivity contribution in [3.63, 3.8) is 0 Å². The zero-order valence-corrected chi connectivity index (χ0v) is 12.3. The lowest BCUT2D eigenvalue weighted by Gasteiger charge is -2.08. The minimum atomic E-state index is 0.0229. The number of rotatable bonds is 5. The summed E-state index contributed by atoms with van der Waals surface area (Å²) in [4.78, 5) is 27.3. The maximum atomic E-state index is 11.7. The Hall–Kier alpha value is -2.69. The molecular formula is C17H17N3O2. The van der Waals surface area contributed by atoms with E-state index in [4.69, 9.17) is 0 Å². The summed E-state index contributed by atoms with van der Waals surface area (Å²) < 4.78 is 0. The van der Waals surface area contributed by atoms with Crippen molar-refractivity contribution in [3.05, 3.63) is 48.2 Å². The molecule has 1 aliphatic rings. The number of amides is 1. The van der Waals surface area contributed by atoms with Crippen LogP contribution in [0.5, 0.6) is 0 Å². The molecule has 0 saturated heterocycles. The predicted octanol–water partition coefficient (Wildman–Crippen LogP) is 3.38. The predicted molar refractivity (Wildman–Crippen MR) is 85.3 cm³/mol. The largest absolute Gasteiger partial charge is 0.340 e. The fourth-order valence-electron chi connectivity index (χ4n) is 2.10. The van der Waals surface area contributed by atoms with Crippen molar-refractivity contribution in [3.8, 4) is 0 Å². The topological polar surface area (TPSA) is 71.1 Å². The Kier molecular flexibility index (Phi) is 3.87. The van der Waals surface area contributed by atoms with Gasteiger partial charge in [-0.05, 0) is 44.0 Å². The first kappa shape index (κ1) is 14.3. The highest BCUT2D eigenvalue weighted by Gasteiger charge is 2.29. The lowest BCUT2D eigenvalue weighted by atomic mass is 10.1. The highest BCUT2D eigenvalue weighted by atomic mass is 16.2. The number of nitrogens with zero attached hydrogens (tertiary/aromatic N) is 1. The van der Waals surface area contributed by atoms with Crippen LogP contribution in [0.3, 0.4) is 0 Å². The molecule has 0 unspecified atom stereocenters. The first-order valence-corrected chi connectivity index (χ1v) is 7.27. The maximum Gasteiger partial charge on any atom is 0.227 e. The Labute approximate surface area is 128 Å². The number of pyridine rings is 1. The standard InChI is InChI=1S/C17H17N3O2/c1-11(21)13-3-2-4-14(9-13)19-16-8-7-15(10-18-16)20-17(22)12-5-6-12/h2-4,7-10,12H,5-6H2,1H3,(H,18,19)(H,20,22). The van der Waals surface area contributed by atoms with Crippen molar-refractivity contribution in [1.82, 2.24) is 4.98 Å². The SMILES string of the molecule is CC(=O)c1cccc(Nc2ccc(NC(=O)C3CC3)cn2)c1. The van der Waals surface area contributed by atoms with Crippen LogP contribution in [0.2, 0.25) is 0 Å². The van der Waals surface area contributed by atoms with Crippen LogP contribution < -0.4 is 10.6 Å². The second-order valence-corrected chi connectivity index (χ2v) is 5.46. The van der Waals surface area contributed by atoms with Crippen LogP contribution in [0.4, 0.5) is 17.2 Å². The molecule has 112 valence electrons. The zero-order valence-electron chi connectivity index (χ0n) is 12.3. The monoisotopic (exact) mass is 295 g/mol. The molecule has 1 aliphatic carbocycles. The van der Waals surface area contributed by atoms with Gasteiger partial charge in [0.05, 0.1) is 11.9 Å². The van der Waals surface area contributed by atoms with Gasteiger partial charge in [0.15, 0.2) is 5.78 Å². The van der Waals surface area contributed by atoms with E-state index >= 15 is 0 Å². The van der Waals surface area contributed by atoms with Gasteiger partial charge in [0, 0.05) is 17.2 Å². The molecule has 3 rings (SSSR count). The van der Waals surface area contributed by atoms with E-state index in [-0.39, 0.29) is 17.6 Å². The molecule has 0 radical (unpaired) electrons. The van der Waals surface area contributed by atoms with Crippen molar-refractivity contribution in [2.75, 3.05) is 10.6 Å². The Morgan fingerprint density at radius 2 is 1.95 bits per heavy atom. The number of nitrogens with one attached hydrogen (secondary N) is 2. The highest BCUT2D eigenvalue weighted by Crippen LogP contribution is 2.30. The van der Waals surface area contributed by atoms with Gasteiger partial charge in [-0.2, -0.15) is 0 Å². The van der Waals surface area contributed by atoms with Gasteiger partial charge in [0.25, 0.3) is 0 Å². The number of anilines is 3. The zero-order chi connectivity index (χ0) is 15.5. The molecule has 22 heavy (non-hydrogen) atoms. The second-order valence-electron chi connectivity index (χ2n) is 5.46. The minimum Gasteiger partial charge on any atom is -0.340 e. The van der Waals surface area contributed by atoms with Crippen LogP contribution in [-0.4, -0.2) is 16.7 Å². The molecule has 0 atom stereocenters. The summed E-state index contributed by atoms with van der Waals surface area (Å²) in [6, 6.07) is 10.9. The number of carbonyl (C=O) groups is 2. The normalized spacial score (nSPS) is 13.5. The van der Waals surface area contributed by atoms with Gasteiger partial charge < -0.3 is 10.6 Å². The second kappa shape index (κ2) is 5.97. The third kappa shape index (κ3) is 3.49. The average Bonchev–Trinajstić information content (AvgIpc) is 3.34. The van der Waals surface area contributed by atoms with Crippen LogP contribution in [-0.2, 0) is 4.79 Å². The van der Waals surface area contributed by atoms with Gasteiger partial charge in [-0.25, -0.2) is 4.98 Å². The summed E-state index contributed by atoms with van der Waals surface area (Å²) in [7, 11) is 0. The highest BCUT2D eigenvalue weighted by molar-refractivity contribution is 5.95. The number of hydrogen-bond donors (Lipinski definition) is 2. The molecule has 5 nitrogen and oxygen atoms in total. The summed E-state index contributed by atoms with van der Waals surface area (Å²) >= 11 is 0. The van der Waals surface area contributed by atoms with E-state index < -0.39 is 0 Å². The van der Waals surface area contributed by atoms with Crippen LogP contribution >= 0.6 is 0 Å². The molecule has 0 spiro atoms. The number of benzene rings is 1. The van der Waals surface area contributed by atoms with E-state index in [9.17, 15) is 9.59 Å². The van der Waals surface area contributed by atoms with E-state index in [1.807, 2.05) is 18.2 Å². The summed E-state index contributed by atoms with van der Waals surface area (Å²) in [5, 5.41) is 5.98. The quantitative estimate of drug-likeness (QED) is 0.830. The fraction of sp³-hybridized carbons (Fsp3) is 0.235. The van der Waals surface area contributed by atoms with Crippen molar-refractivity contribution in [1.29, 1.82) is 0 Å². The molecule has 1 aromatic heterocycles. The van der Waals surface area contributed by atoms with E-state index in [2.05, 4.69) is 15.6 Å². The number of aromatic nitrogens is 1. The number of ketones is 1. The van der Waals surface area contributed by atoms with E-state index in [0.29, 0.717) is 17.1 Å². The smallest absolute Gasteiger partial charge is 0.227 e. The van der Waals surface area contributed by atoms with E-state index in [0.717, 1.165) is 18.5 Å². The van der Waals surface area contributed by atoms with Crippen LogP contribution in [0.1, 0.15) is 30.1 Å². The lowest BCUT2D eigenvalue weighted by Crippen LogP contribution is -2.13. The molecular weight excluding hydrogens is 278 g/mol. The summed E-state index contributed by atoms with van der Waals surface area (Å²) in [5.74, 6) is 0.920. The molecule has 2 N–H and O–H groups in total. The molecule has 1 saturated carbocycles. The first-order valence-electron chi connectivity index (χ1n) is 7.27. The van der Waals surface area contributed by atoms with Crippen LogP contribution in [0.15, 0.2) is 42.6 Å². The van der Waals surface area contributed by atoms with Gasteiger partial charge >= 0.3 is 0 Å². The van der Waals surface area contributed by atoms with Gasteiger partial charge in [-0.3, -0.25) is 9.59 Å². The minimum absolute atomic E-state index is 0.0229. The van der Waals surface area contributed by atoms with Crippen molar-refractivity contribution in [2.45, 2.75) is 19.8 Å². The maximum absolute atomic E-state index is 11.7. The molecule has 0 aliphatic heterocycles. The number of Topliss-reactive ketones (excluding diaryl/α,β-unsaturated/α-hetero) is 1. The van der Waals surface area contributed by atoms with Crippen molar-refractivity contribution >= 4 is 28.9 Å². The van der Waals surface area contributed by atoms with E-state index in [1.54, 1.807) is 24.4 Å². The first-order chi connectivity index (χ1) is 10.6. The third-order valence-electron chi connectivity index (χ3n) is 3.52. The lowest BCUT2D eigenvalue weighted by molar-refractivity contribution is -0.117. The molecule has 1 amide bonds. The Bertz CT molecular complexity index is 706. The molecule has 0 bridgehead atoms. The summed E-state index contributed by atoms with van der Waals surface area (Å²) in [6.07, 6.45) is 3.58. The molecule has 1 heterocycles. The molecule has 1 aromatic carbocycles. The van der Waals surface area contributed by atoms with E-state index in [1.165, 1.54) is 6.92 Å². The molecule has 1 fully saturated rings. The van der Waals surface area contributed by atoms with Gasteiger partial charge in [-0.15, -0.1) is 0 Å². The summed E-state index contributed by atoms with van der Waals surface area (Å²) in [6.45, 7) is 1.54. The molecule has 5 heteroatoms. The third-order valence-corrected chi connectivity index (χ3v) is 3.52. The Morgan fingerprint density at radius 3 is 2.59 bits per heavy atom. The summed E-state index contributed by atoms with van der Waals surface area (Å²) in [5.41, 5.74) is 2.15. The van der Waals surface area contributed by atoms with Gasteiger partial charge in [0.2, 0.25) is 5.91 Å². The fourth-order valence-corrected chi connectivity index (χ4v) is 2.10. The number of carbonyl (C=O) groups excluding carboxylic acids is 2.